The maximum atomic E-state index is 5.70. The van der Waals surface area contributed by atoms with Crippen molar-refractivity contribution in [2.45, 2.75) is 46.3 Å². The Balaban J connectivity index is 2.39. The molecular weight excluding hydrogens is 238 g/mol. The molecule has 108 valence electrons. The highest BCUT2D eigenvalue weighted by atomic mass is 16.5. The van der Waals surface area contributed by atoms with E-state index in [4.69, 9.17) is 4.74 Å². The zero-order valence-electron chi connectivity index (χ0n) is 12.8. The SMILES string of the molecule is CNCc1ccc(OCCN(C(C)C)C(C)C)nc1. The fourth-order valence-corrected chi connectivity index (χ4v) is 2.17. The topological polar surface area (TPSA) is 37.4 Å². The van der Waals surface area contributed by atoms with Crippen LogP contribution in [0.15, 0.2) is 18.3 Å². The van der Waals surface area contributed by atoms with Crippen LogP contribution < -0.4 is 10.1 Å². The van der Waals surface area contributed by atoms with Crippen LogP contribution in [0.2, 0.25) is 0 Å². The number of ether oxygens (including phenoxy) is 1. The zero-order chi connectivity index (χ0) is 14.3. The Labute approximate surface area is 117 Å². The highest BCUT2D eigenvalue weighted by molar-refractivity contribution is 5.17. The molecule has 0 amide bonds. The highest BCUT2D eigenvalue weighted by Gasteiger charge is 2.12. The van der Waals surface area contributed by atoms with Crippen molar-refractivity contribution >= 4 is 0 Å². The van der Waals surface area contributed by atoms with Crippen molar-refractivity contribution in [2.24, 2.45) is 0 Å². The van der Waals surface area contributed by atoms with Crippen LogP contribution in [0.25, 0.3) is 0 Å². The average molecular weight is 265 g/mol. The number of pyridine rings is 1. The smallest absolute Gasteiger partial charge is 0.213 e. The van der Waals surface area contributed by atoms with Gasteiger partial charge in [-0.1, -0.05) is 6.07 Å². The maximum Gasteiger partial charge on any atom is 0.213 e. The largest absolute Gasteiger partial charge is 0.476 e. The molecule has 19 heavy (non-hydrogen) atoms. The van der Waals surface area contributed by atoms with Crippen molar-refractivity contribution in [3.63, 3.8) is 0 Å². The molecule has 1 aromatic heterocycles. The molecule has 0 unspecified atom stereocenters. The van der Waals surface area contributed by atoms with Crippen molar-refractivity contribution in [3.8, 4) is 5.88 Å². The van der Waals surface area contributed by atoms with Gasteiger partial charge in [-0.05, 0) is 40.3 Å². The van der Waals surface area contributed by atoms with Crippen molar-refractivity contribution in [2.75, 3.05) is 20.2 Å². The summed E-state index contributed by atoms with van der Waals surface area (Å²) in [5.74, 6) is 0.701. The predicted octanol–water partition coefficient (Wildman–Crippen LogP) is 2.30. The van der Waals surface area contributed by atoms with Gasteiger partial charge >= 0.3 is 0 Å². The third-order valence-corrected chi connectivity index (χ3v) is 3.10. The highest BCUT2D eigenvalue weighted by Crippen LogP contribution is 2.09. The van der Waals surface area contributed by atoms with Gasteiger partial charge in [0.2, 0.25) is 5.88 Å². The summed E-state index contributed by atoms with van der Waals surface area (Å²) in [4.78, 5) is 6.72. The summed E-state index contributed by atoms with van der Waals surface area (Å²) in [5.41, 5.74) is 1.17. The predicted molar refractivity (Wildman–Crippen MR) is 79.5 cm³/mol. The van der Waals surface area contributed by atoms with E-state index in [2.05, 4.69) is 42.9 Å². The second kappa shape index (κ2) is 8.12. The summed E-state index contributed by atoms with van der Waals surface area (Å²) in [6, 6.07) is 5.05. The Hall–Kier alpha value is -1.13. The van der Waals surface area contributed by atoms with E-state index in [1.165, 1.54) is 5.56 Å². The number of aromatic nitrogens is 1. The minimum atomic E-state index is 0.537. The second-order valence-electron chi connectivity index (χ2n) is 5.31. The first-order chi connectivity index (χ1) is 9.04. The van der Waals surface area contributed by atoms with Crippen LogP contribution in [0, 0.1) is 0 Å². The Bertz CT molecular complexity index is 341. The summed E-state index contributed by atoms with van der Waals surface area (Å²) in [6.45, 7) is 11.3. The van der Waals surface area contributed by atoms with Crippen LogP contribution >= 0.6 is 0 Å². The maximum absolute atomic E-state index is 5.70. The number of nitrogens with one attached hydrogen (secondary N) is 1. The van der Waals surface area contributed by atoms with Gasteiger partial charge in [0.25, 0.3) is 0 Å². The lowest BCUT2D eigenvalue weighted by atomic mass is 10.2. The van der Waals surface area contributed by atoms with Crippen LogP contribution in [0.3, 0.4) is 0 Å². The molecule has 0 saturated carbocycles. The molecular formula is C15H27N3O. The van der Waals surface area contributed by atoms with Crippen molar-refractivity contribution in [3.05, 3.63) is 23.9 Å². The van der Waals surface area contributed by atoms with Gasteiger partial charge in [0.05, 0.1) is 0 Å². The first kappa shape index (κ1) is 15.9. The molecule has 0 aliphatic rings. The molecule has 0 aliphatic heterocycles. The second-order valence-corrected chi connectivity index (χ2v) is 5.31. The molecule has 0 saturated heterocycles. The van der Waals surface area contributed by atoms with Crippen molar-refractivity contribution in [1.82, 2.24) is 15.2 Å². The lowest BCUT2D eigenvalue weighted by Gasteiger charge is -2.30. The van der Waals surface area contributed by atoms with E-state index in [-0.39, 0.29) is 0 Å². The summed E-state index contributed by atoms with van der Waals surface area (Å²) in [6.07, 6.45) is 1.86. The van der Waals surface area contributed by atoms with E-state index in [0.29, 0.717) is 24.6 Å². The lowest BCUT2D eigenvalue weighted by Crippen LogP contribution is -2.39. The zero-order valence-corrected chi connectivity index (χ0v) is 12.8. The van der Waals surface area contributed by atoms with Crippen LogP contribution in [0.5, 0.6) is 5.88 Å². The number of rotatable bonds is 8. The fourth-order valence-electron chi connectivity index (χ4n) is 2.17. The molecule has 0 aliphatic carbocycles. The van der Waals surface area contributed by atoms with Gasteiger partial charge in [0.15, 0.2) is 0 Å². The Morgan fingerprint density at radius 1 is 1.21 bits per heavy atom. The molecule has 1 rings (SSSR count). The third kappa shape index (κ3) is 5.57. The molecule has 1 N–H and O–H groups in total. The van der Waals surface area contributed by atoms with Gasteiger partial charge in [-0.2, -0.15) is 0 Å². The first-order valence-electron chi connectivity index (χ1n) is 7.02. The van der Waals surface area contributed by atoms with Gasteiger partial charge < -0.3 is 10.1 Å². The summed E-state index contributed by atoms with van der Waals surface area (Å²) in [7, 11) is 1.93. The third-order valence-electron chi connectivity index (χ3n) is 3.10. The number of hydrogen-bond acceptors (Lipinski definition) is 4. The standard InChI is InChI=1S/C15H27N3O/c1-12(2)18(13(3)4)8-9-19-15-7-6-14(10-16-5)11-17-15/h6-7,11-13,16H,8-10H2,1-5H3. The van der Waals surface area contributed by atoms with Gasteiger partial charge in [-0.3, -0.25) is 4.90 Å². The Morgan fingerprint density at radius 3 is 2.37 bits per heavy atom. The molecule has 0 atom stereocenters. The molecule has 0 bridgehead atoms. The minimum Gasteiger partial charge on any atom is -0.476 e. The van der Waals surface area contributed by atoms with Crippen LogP contribution in [-0.4, -0.2) is 42.2 Å². The Kier molecular flexibility index (Phi) is 6.81. The first-order valence-corrected chi connectivity index (χ1v) is 7.02. The molecule has 0 fully saturated rings. The van der Waals surface area contributed by atoms with E-state index in [9.17, 15) is 0 Å². The number of hydrogen-bond donors (Lipinski definition) is 1. The fraction of sp³-hybridized carbons (Fsp3) is 0.667. The summed E-state index contributed by atoms with van der Waals surface area (Å²) in [5, 5.41) is 3.10. The van der Waals surface area contributed by atoms with Crippen molar-refractivity contribution in [1.29, 1.82) is 0 Å². The average Bonchev–Trinajstić information content (AvgIpc) is 2.36. The van der Waals surface area contributed by atoms with Crippen molar-refractivity contribution < 1.29 is 4.74 Å². The van der Waals surface area contributed by atoms with E-state index in [1.54, 1.807) is 0 Å². The quantitative estimate of drug-likeness (QED) is 0.782. The van der Waals surface area contributed by atoms with E-state index in [0.717, 1.165) is 13.1 Å². The van der Waals surface area contributed by atoms with Crippen LogP contribution in [0.4, 0.5) is 0 Å². The van der Waals surface area contributed by atoms with Gasteiger partial charge in [0, 0.05) is 37.4 Å². The van der Waals surface area contributed by atoms with E-state index < -0.39 is 0 Å². The monoisotopic (exact) mass is 265 g/mol. The lowest BCUT2D eigenvalue weighted by molar-refractivity contribution is 0.140. The Morgan fingerprint density at radius 2 is 1.89 bits per heavy atom. The summed E-state index contributed by atoms with van der Waals surface area (Å²) < 4.78 is 5.70. The molecule has 1 heterocycles. The molecule has 4 nitrogen and oxygen atoms in total. The van der Waals surface area contributed by atoms with Gasteiger partial charge in [-0.15, -0.1) is 0 Å². The molecule has 0 aromatic carbocycles. The molecule has 0 spiro atoms. The normalized spacial score (nSPS) is 11.6. The summed E-state index contributed by atoms with van der Waals surface area (Å²) >= 11 is 0. The number of nitrogens with zero attached hydrogens (tertiary/aromatic N) is 2. The molecule has 0 radical (unpaired) electrons. The van der Waals surface area contributed by atoms with E-state index in [1.807, 2.05) is 25.4 Å². The molecule has 1 aromatic rings. The van der Waals surface area contributed by atoms with Gasteiger partial charge in [-0.25, -0.2) is 4.98 Å². The van der Waals surface area contributed by atoms with Gasteiger partial charge in [0.1, 0.15) is 6.61 Å². The van der Waals surface area contributed by atoms with E-state index >= 15 is 0 Å². The van der Waals surface area contributed by atoms with Crippen LogP contribution in [-0.2, 0) is 6.54 Å². The molecule has 4 heteroatoms. The van der Waals surface area contributed by atoms with Crippen LogP contribution in [0.1, 0.15) is 33.3 Å². The minimum absolute atomic E-state index is 0.537.